The highest BCUT2D eigenvalue weighted by molar-refractivity contribution is 8.00. The van der Waals surface area contributed by atoms with Crippen molar-refractivity contribution in [2.75, 3.05) is 7.11 Å². The smallest absolute Gasteiger partial charge is 0.446 e. The summed E-state index contributed by atoms with van der Waals surface area (Å²) in [5.41, 5.74) is -4.68. The molecule has 0 spiro atoms. The summed E-state index contributed by atoms with van der Waals surface area (Å²) in [4.78, 5) is 4.49. The second-order valence-corrected chi connectivity index (χ2v) is 7.63. The first-order valence-electron chi connectivity index (χ1n) is 7.71. The number of fused-ring (bicyclic) bond motifs is 1. The summed E-state index contributed by atoms with van der Waals surface area (Å²) in [5, 5.41) is 0. The molecule has 2 heterocycles. The zero-order valence-corrected chi connectivity index (χ0v) is 14.9. The highest BCUT2D eigenvalue weighted by Crippen LogP contribution is 2.50. The van der Waals surface area contributed by atoms with Gasteiger partial charge in [0.15, 0.2) is 0 Å². The van der Waals surface area contributed by atoms with E-state index in [0.29, 0.717) is 23.4 Å². The van der Waals surface area contributed by atoms with Gasteiger partial charge < -0.3 is 9.47 Å². The lowest BCUT2D eigenvalue weighted by molar-refractivity contribution is -0.0669. The predicted molar refractivity (Wildman–Crippen MR) is 89.7 cm³/mol. The maximum atomic E-state index is 12.8. The van der Waals surface area contributed by atoms with Crippen LogP contribution in [-0.2, 0) is 10.3 Å². The summed E-state index contributed by atoms with van der Waals surface area (Å²) < 4.78 is 50.2. The molecule has 25 heavy (non-hydrogen) atoms. The van der Waals surface area contributed by atoms with E-state index in [1.165, 1.54) is 12.1 Å². The molecule has 1 aliphatic rings. The number of aromatic nitrogens is 1. The van der Waals surface area contributed by atoms with Gasteiger partial charge in [-0.05, 0) is 55.9 Å². The Kier molecular flexibility index (Phi) is 4.49. The Balaban J connectivity index is 2.18. The molecule has 0 amide bonds. The molecule has 1 unspecified atom stereocenters. The van der Waals surface area contributed by atoms with E-state index in [1.54, 1.807) is 25.4 Å². The van der Waals surface area contributed by atoms with Crippen molar-refractivity contribution in [2.45, 2.75) is 41.9 Å². The monoisotopic (exact) mass is 369 g/mol. The minimum Gasteiger partial charge on any atom is -0.487 e. The number of methoxy groups -OCH3 is 1. The molecule has 0 bridgehead atoms. The topological polar surface area (TPSA) is 31.4 Å². The Morgan fingerprint density at radius 1 is 1.20 bits per heavy atom. The van der Waals surface area contributed by atoms with Crippen LogP contribution in [-0.4, -0.2) is 23.2 Å². The van der Waals surface area contributed by atoms with Crippen LogP contribution in [0.3, 0.4) is 0 Å². The van der Waals surface area contributed by atoms with Crippen LogP contribution in [0.5, 0.6) is 5.75 Å². The molecule has 3 nitrogen and oxygen atoms in total. The number of thioether (sulfide) groups is 1. The second-order valence-electron chi connectivity index (χ2n) is 6.49. The molecule has 0 fully saturated rings. The minimum absolute atomic E-state index is 0.0897. The number of nitrogens with zero attached hydrogens (tertiary/aromatic N) is 1. The van der Waals surface area contributed by atoms with Crippen molar-refractivity contribution in [3.63, 3.8) is 0 Å². The molecule has 1 aromatic carbocycles. The van der Waals surface area contributed by atoms with Gasteiger partial charge in [0.25, 0.3) is 0 Å². The third kappa shape index (κ3) is 3.62. The van der Waals surface area contributed by atoms with Crippen molar-refractivity contribution in [1.29, 1.82) is 0 Å². The van der Waals surface area contributed by atoms with Crippen LogP contribution >= 0.6 is 11.8 Å². The normalized spacial score (nSPS) is 22.2. The van der Waals surface area contributed by atoms with Gasteiger partial charge in [-0.25, -0.2) is 0 Å². The lowest BCUT2D eigenvalue weighted by Crippen LogP contribution is -2.46. The highest BCUT2D eigenvalue weighted by Gasteiger charge is 2.48. The first-order chi connectivity index (χ1) is 11.7. The Morgan fingerprint density at radius 2 is 1.96 bits per heavy atom. The lowest BCUT2D eigenvalue weighted by Gasteiger charge is -2.45. The summed E-state index contributed by atoms with van der Waals surface area (Å²) in [6.07, 6.45) is 2.08. The largest absolute Gasteiger partial charge is 0.487 e. The summed E-state index contributed by atoms with van der Waals surface area (Å²) >= 11 is -0.152. The fourth-order valence-corrected chi connectivity index (χ4v) is 3.84. The van der Waals surface area contributed by atoms with Crippen LogP contribution < -0.4 is 4.74 Å². The van der Waals surface area contributed by atoms with Crippen LogP contribution in [0.15, 0.2) is 47.5 Å². The first kappa shape index (κ1) is 18.1. The van der Waals surface area contributed by atoms with Gasteiger partial charge in [0, 0.05) is 30.2 Å². The average molecular weight is 369 g/mol. The number of benzene rings is 1. The van der Waals surface area contributed by atoms with Crippen molar-refractivity contribution < 1.29 is 22.6 Å². The number of pyridine rings is 1. The number of rotatable bonds is 3. The van der Waals surface area contributed by atoms with E-state index < -0.39 is 16.7 Å². The van der Waals surface area contributed by atoms with Gasteiger partial charge in [-0.2, -0.15) is 13.2 Å². The molecule has 134 valence electrons. The maximum Gasteiger partial charge on any atom is 0.446 e. The molecule has 7 heteroatoms. The zero-order valence-electron chi connectivity index (χ0n) is 14.1. The second kappa shape index (κ2) is 6.21. The molecule has 0 radical (unpaired) electrons. The third-order valence-electron chi connectivity index (χ3n) is 4.11. The van der Waals surface area contributed by atoms with Gasteiger partial charge in [-0.15, -0.1) is 0 Å². The molecule has 1 atom stereocenters. The first-order valence-corrected chi connectivity index (χ1v) is 8.53. The van der Waals surface area contributed by atoms with Crippen LogP contribution in [0, 0.1) is 0 Å². The van der Waals surface area contributed by atoms with Gasteiger partial charge >= 0.3 is 5.51 Å². The molecule has 2 aromatic rings. The molecule has 1 aromatic heterocycles. The summed E-state index contributed by atoms with van der Waals surface area (Å²) in [5.74, 6) is 0.510. The van der Waals surface area contributed by atoms with Crippen LogP contribution in [0.2, 0.25) is 0 Å². The van der Waals surface area contributed by atoms with E-state index in [9.17, 15) is 13.2 Å². The highest BCUT2D eigenvalue weighted by atomic mass is 32.2. The SMILES string of the molecule is COC1(c2ccccn2)CC(C)(C)Oc2ccc(SC(F)(F)F)cc21. The summed E-state index contributed by atoms with van der Waals surface area (Å²) in [6.45, 7) is 3.84. The Hall–Kier alpha value is -1.73. The van der Waals surface area contributed by atoms with E-state index in [1.807, 2.05) is 26.0 Å². The minimum atomic E-state index is -4.36. The number of alkyl halides is 3. The van der Waals surface area contributed by atoms with Crippen LogP contribution in [0.1, 0.15) is 31.5 Å². The molecule has 0 saturated carbocycles. The van der Waals surface area contributed by atoms with E-state index >= 15 is 0 Å². The van der Waals surface area contributed by atoms with Crippen molar-refractivity contribution in [2.24, 2.45) is 0 Å². The van der Waals surface area contributed by atoms with Crippen molar-refractivity contribution in [3.8, 4) is 5.75 Å². The van der Waals surface area contributed by atoms with Gasteiger partial charge in [-0.3, -0.25) is 4.98 Å². The molecule has 0 aliphatic carbocycles. The van der Waals surface area contributed by atoms with Crippen molar-refractivity contribution in [1.82, 2.24) is 4.98 Å². The number of hydrogen-bond donors (Lipinski definition) is 0. The number of halogens is 3. The standard InChI is InChI=1S/C18H18F3NO2S/c1-16(2)11-17(23-3,15-6-4-5-9-22-15)13-10-12(25-18(19,20)21)7-8-14(13)24-16/h4-10H,11H2,1-3H3. The molecule has 0 N–H and O–H groups in total. The summed E-state index contributed by atoms with van der Waals surface area (Å²) in [7, 11) is 1.55. The van der Waals surface area contributed by atoms with E-state index in [2.05, 4.69) is 4.98 Å². The quantitative estimate of drug-likeness (QED) is 0.701. The fourth-order valence-electron chi connectivity index (χ4n) is 3.26. The predicted octanol–water partition coefficient (Wildman–Crippen LogP) is 5.14. The maximum absolute atomic E-state index is 12.8. The Labute approximate surface area is 148 Å². The Morgan fingerprint density at radius 3 is 2.56 bits per heavy atom. The number of hydrogen-bond acceptors (Lipinski definition) is 4. The van der Waals surface area contributed by atoms with Gasteiger partial charge in [-0.1, -0.05) is 6.07 Å². The van der Waals surface area contributed by atoms with E-state index in [4.69, 9.17) is 9.47 Å². The van der Waals surface area contributed by atoms with Crippen molar-refractivity contribution >= 4 is 11.8 Å². The average Bonchev–Trinajstić information content (AvgIpc) is 2.53. The van der Waals surface area contributed by atoms with Crippen LogP contribution in [0.4, 0.5) is 13.2 Å². The van der Waals surface area contributed by atoms with Crippen molar-refractivity contribution in [3.05, 3.63) is 53.9 Å². The van der Waals surface area contributed by atoms with E-state index in [0.717, 1.165) is 0 Å². The zero-order chi connectivity index (χ0) is 18.3. The molecule has 1 aliphatic heterocycles. The molecular formula is C18H18F3NO2S. The third-order valence-corrected chi connectivity index (χ3v) is 4.83. The molecule has 0 saturated heterocycles. The molecular weight excluding hydrogens is 351 g/mol. The molecule has 3 rings (SSSR count). The van der Waals surface area contributed by atoms with Gasteiger partial charge in [0.1, 0.15) is 17.0 Å². The van der Waals surface area contributed by atoms with E-state index in [-0.39, 0.29) is 16.7 Å². The van der Waals surface area contributed by atoms with Gasteiger partial charge in [0.05, 0.1) is 5.69 Å². The fraction of sp³-hybridized carbons (Fsp3) is 0.389. The Bertz CT molecular complexity index is 765. The van der Waals surface area contributed by atoms with Crippen LogP contribution in [0.25, 0.3) is 0 Å². The number of ether oxygens (including phenoxy) is 2. The lowest BCUT2D eigenvalue weighted by atomic mass is 9.78. The van der Waals surface area contributed by atoms with Gasteiger partial charge in [0.2, 0.25) is 0 Å². The summed E-state index contributed by atoms with van der Waals surface area (Å²) in [6, 6.07) is 9.91.